The molecule has 0 atom stereocenters. The Bertz CT molecular complexity index is 862. The highest BCUT2D eigenvalue weighted by atomic mass is 35.5. The smallest absolute Gasteiger partial charge is 0.257 e. The minimum absolute atomic E-state index is 0.261. The predicted molar refractivity (Wildman–Crippen MR) is 98.1 cm³/mol. The van der Waals surface area contributed by atoms with E-state index in [0.29, 0.717) is 16.3 Å². The van der Waals surface area contributed by atoms with E-state index in [1.807, 2.05) is 43.3 Å². The molecule has 0 saturated heterocycles. The number of pyridine rings is 1. The maximum atomic E-state index is 12.4. The molecule has 4 nitrogen and oxygen atoms in total. The van der Waals surface area contributed by atoms with E-state index < -0.39 is 0 Å². The first-order valence-corrected chi connectivity index (χ1v) is 7.84. The number of anilines is 3. The molecule has 0 bridgehead atoms. The van der Waals surface area contributed by atoms with Crippen molar-refractivity contribution in [3.05, 3.63) is 83.1 Å². The Morgan fingerprint density at radius 3 is 2.50 bits per heavy atom. The van der Waals surface area contributed by atoms with Crippen molar-refractivity contribution in [2.24, 2.45) is 0 Å². The molecule has 2 aromatic carbocycles. The lowest BCUT2D eigenvalue weighted by Crippen LogP contribution is -2.12. The summed E-state index contributed by atoms with van der Waals surface area (Å²) in [7, 11) is 0. The first-order valence-electron chi connectivity index (χ1n) is 7.46. The largest absolute Gasteiger partial charge is 0.354 e. The Kier molecular flexibility index (Phi) is 4.77. The second kappa shape index (κ2) is 7.15. The summed E-state index contributed by atoms with van der Waals surface area (Å²) in [6.45, 7) is 2.03. The predicted octanol–water partition coefficient (Wildman–Crippen LogP) is 5.04. The Morgan fingerprint density at radius 1 is 1.00 bits per heavy atom. The number of nitrogens with one attached hydrogen (secondary N) is 2. The highest BCUT2D eigenvalue weighted by Crippen LogP contribution is 2.22. The van der Waals surface area contributed by atoms with Crippen molar-refractivity contribution in [2.45, 2.75) is 6.92 Å². The van der Waals surface area contributed by atoms with Crippen LogP contribution >= 0.6 is 11.6 Å². The number of carbonyl (C=O) groups is 1. The minimum Gasteiger partial charge on any atom is -0.354 e. The normalized spacial score (nSPS) is 10.2. The lowest BCUT2D eigenvalue weighted by Gasteiger charge is -2.09. The molecule has 0 aliphatic heterocycles. The van der Waals surface area contributed by atoms with Gasteiger partial charge in [0.2, 0.25) is 0 Å². The molecule has 0 unspecified atom stereocenters. The summed E-state index contributed by atoms with van der Waals surface area (Å²) in [4.78, 5) is 16.5. The van der Waals surface area contributed by atoms with Crippen LogP contribution in [0.2, 0.25) is 5.02 Å². The Hall–Kier alpha value is -2.85. The zero-order valence-electron chi connectivity index (χ0n) is 13.1. The van der Waals surface area contributed by atoms with E-state index in [1.165, 1.54) is 11.8 Å². The van der Waals surface area contributed by atoms with E-state index >= 15 is 0 Å². The van der Waals surface area contributed by atoms with Crippen LogP contribution in [0.3, 0.4) is 0 Å². The molecule has 1 heterocycles. The topological polar surface area (TPSA) is 54.0 Å². The third kappa shape index (κ3) is 3.91. The molecule has 0 radical (unpaired) electrons. The highest BCUT2D eigenvalue weighted by Gasteiger charge is 2.09. The van der Waals surface area contributed by atoms with E-state index in [9.17, 15) is 4.79 Å². The summed E-state index contributed by atoms with van der Waals surface area (Å²) < 4.78 is 0. The average Bonchev–Trinajstić information content (AvgIpc) is 2.59. The molecule has 0 spiro atoms. The Labute approximate surface area is 145 Å². The van der Waals surface area contributed by atoms with Gasteiger partial charge in [0.15, 0.2) is 0 Å². The van der Waals surface area contributed by atoms with Crippen molar-refractivity contribution in [1.29, 1.82) is 0 Å². The molecule has 3 rings (SSSR count). The maximum absolute atomic E-state index is 12.4. The minimum atomic E-state index is -0.261. The molecule has 2 N–H and O–H groups in total. The van der Waals surface area contributed by atoms with Gasteiger partial charge >= 0.3 is 0 Å². The van der Waals surface area contributed by atoms with Crippen molar-refractivity contribution in [3.8, 4) is 0 Å². The molecular formula is C19H16ClN3O. The summed E-state index contributed by atoms with van der Waals surface area (Å²) in [5.74, 6) is -0.261. The fourth-order valence-electron chi connectivity index (χ4n) is 2.19. The number of para-hydroxylation sites is 1. The lowest BCUT2D eigenvalue weighted by atomic mass is 10.2. The number of amides is 1. The molecule has 0 saturated carbocycles. The number of benzene rings is 2. The zero-order valence-corrected chi connectivity index (χ0v) is 13.8. The molecule has 3 aromatic rings. The number of aromatic nitrogens is 1. The molecule has 0 aliphatic rings. The fraction of sp³-hybridized carbons (Fsp3) is 0.0526. The van der Waals surface area contributed by atoms with Crippen molar-refractivity contribution < 1.29 is 4.79 Å². The first-order chi connectivity index (χ1) is 11.6. The van der Waals surface area contributed by atoms with E-state index in [2.05, 4.69) is 15.6 Å². The van der Waals surface area contributed by atoms with Crippen LogP contribution in [0.4, 0.5) is 17.1 Å². The van der Waals surface area contributed by atoms with Gasteiger partial charge in [-0.2, -0.15) is 0 Å². The summed E-state index contributed by atoms with van der Waals surface area (Å²) in [6, 6.07) is 16.8. The number of halogens is 1. The zero-order chi connectivity index (χ0) is 16.9. The number of hydrogen-bond acceptors (Lipinski definition) is 3. The molecule has 0 fully saturated rings. The van der Waals surface area contributed by atoms with Gasteiger partial charge in [-0.1, -0.05) is 41.4 Å². The van der Waals surface area contributed by atoms with Gasteiger partial charge in [0.25, 0.3) is 5.91 Å². The van der Waals surface area contributed by atoms with Gasteiger partial charge in [-0.05, 0) is 37.3 Å². The maximum Gasteiger partial charge on any atom is 0.257 e. The number of rotatable bonds is 4. The average molecular weight is 338 g/mol. The van der Waals surface area contributed by atoms with Crippen molar-refractivity contribution in [3.63, 3.8) is 0 Å². The molecule has 0 aliphatic carbocycles. The number of nitrogens with zero attached hydrogens (tertiary/aromatic N) is 1. The number of aryl methyl sites for hydroxylation is 1. The second-order valence-electron chi connectivity index (χ2n) is 5.39. The monoisotopic (exact) mass is 337 g/mol. The van der Waals surface area contributed by atoms with Gasteiger partial charge < -0.3 is 10.6 Å². The van der Waals surface area contributed by atoms with Crippen LogP contribution in [0.15, 0.2) is 67.0 Å². The molecule has 1 aromatic heterocycles. The van der Waals surface area contributed by atoms with Crippen LogP contribution in [-0.4, -0.2) is 10.9 Å². The summed E-state index contributed by atoms with van der Waals surface area (Å²) >= 11 is 6.06. The van der Waals surface area contributed by atoms with Gasteiger partial charge in [0.1, 0.15) is 0 Å². The van der Waals surface area contributed by atoms with Crippen LogP contribution in [-0.2, 0) is 0 Å². The summed E-state index contributed by atoms with van der Waals surface area (Å²) in [6.07, 6.45) is 3.19. The first kappa shape index (κ1) is 16.0. The second-order valence-corrected chi connectivity index (χ2v) is 5.79. The van der Waals surface area contributed by atoms with Crippen molar-refractivity contribution in [1.82, 2.24) is 4.98 Å². The van der Waals surface area contributed by atoms with Gasteiger partial charge in [-0.15, -0.1) is 0 Å². The molecule has 1 amide bonds. The van der Waals surface area contributed by atoms with Gasteiger partial charge in [-0.3, -0.25) is 9.78 Å². The fourth-order valence-corrected chi connectivity index (χ4v) is 2.38. The third-order valence-electron chi connectivity index (χ3n) is 3.46. The van der Waals surface area contributed by atoms with Crippen molar-refractivity contribution in [2.75, 3.05) is 10.6 Å². The van der Waals surface area contributed by atoms with E-state index in [0.717, 1.165) is 11.4 Å². The van der Waals surface area contributed by atoms with Crippen LogP contribution in [0.5, 0.6) is 0 Å². The van der Waals surface area contributed by atoms with E-state index in [4.69, 9.17) is 11.6 Å². The third-order valence-corrected chi connectivity index (χ3v) is 3.79. The van der Waals surface area contributed by atoms with Crippen LogP contribution in [0, 0.1) is 6.92 Å². The van der Waals surface area contributed by atoms with Crippen LogP contribution in [0.1, 0.15) is 15.9 Å². The van der Waals surface area contributed by atoms with Crippen molar-refractivity contribution >= 4 is 34.6 Å². The summed E-state index contributed by atoms with van der Waals surface area (Å²) in [5.41, 5.74) is 3.89. The van der Waals surface area contributed by atoms with Crippen LogP contribution in [0.25, 0.3) is 0 Å². The molecular weight excluding hydrogens is 322 g/mol. The highest BCUT2D eigenvalue weighted by molar-refractivity contribution is 6.33. The molecule has 120 valence electrons. The lowest BCUT2D eigenvalue weighted by molar-refractivity contribution is 0.102. The molecule has 5 heteroatoms. The van der Waals surface area contributed by atoms with E-state index in [1.54, 1.807) is 24.4 Å². The van der Waals surface area contributed by atoms with Gasteiger partial charge in [-0.25, -0.2) is 0 Å². The quantitative estimate of drug-likeness (QED) is 0.701. The standard InChI is InChI=1S/C19H16ClN3O/c1-13-6-8-15(9-7-13)22-16-10-14(11-21-12-16)19(24)23-18-5-3-2-4-17(18)20/h2-12,22H,1H3,(H,23,24). The molecule has 24 heavy (non-hydrogen) atoms. The van der Waals surface area contributed by atoms with Gasteiger partial charge in [0, 0.05) is 11.9 Å². The number of hydrogen-bond donors (Lipinski definition) is 2. The Morgan fingerprint density at radius 2 is 1.75 bits per heavy atom. The van der Waals surface area contributed by atoms with Gasteiger partial charge in [0.05, 0.1) is 28.2 Å². The Balaban J connectivity index is 1.76. The summed E-state index contributed by atoms with van der Waals surface area (Å²) in [5, 5.41) is 6.51. The van der Waals surface area contributed by atoms with Crippen LogP contribution < -0.4 is 10.6 Å². The van der Waals surface area contributed by atoms with E-state index in [-0.39, 0.29) is 5.91 Å². The SMILES string of the molecule is Cc1ccc(Nc2cncc(C(=O)Nc3ccccc3Cl)c2)cc1. The number of carbonyl (C=O) groups excluding carboxylic acids is 1.